The first-order valence-electron chi connectivity index (χ1n) is 11.0. The number of aromatic nitrogens is 2. The standard InChI is InChI=1S/C28H21N3O4/c32-26(20-11-14-29-15-12-20)24-25(31(28(34)27(24)33)18-19-6-5-13-30-17-19)21-7-4-10-23(16-21)35-22-8-2-1-3-9-22/h1-17,25,32H,18H2/b26-24+. The third kappa shape index (κ3) is 4.52. The number of aliphatic hydroxyl groups is 1. The van der Waals surface area contributed by atoms with Crippen LogP contribution in [0.4, 0.5) is 0 Å². The normalized spacial score (nSPS) is 16.9. The highest BCUT2D eigenvalue weighted by atomic mass is 16.5. The number of Topliss-reactive ketones (excluding diaryl/α,β-unsaturated/α-hetero) is 1. The summed E-state index contributed by atoms with van der Waals surface area (Å²) in [6.45, 7) is 0.153. The van der Waals surface area contributed by atoms with Gasteiger partial charge < -0.3 is 14.7 Å². The monoisotopic (exact) mass is 463 g/mol. The van der Waals surface area contributed by atoms with Gasteiger partial charge in [0, 0.05) is 36.9 Å². The van der Waals surface area contributed by atoms with Crippen molar-refractivity contribution in [2.45, 2.75) is 12.6 Å². The molecule has 1 aliphatic rings. The molecule has 1 atom stereocenters. The van der Waals surface area contributed by atoms with Gasteiger partial charge in [0.15, 0.2) is 0 Å². The molecule has 1 fully saturated rings. The molecule has 0 saturated carbocycles. The number of hydrogen-bond acceptors (Lipinski definition) is 6. The number of ether oxygens (including phenoxy) is 1. The number of ketones is 1. The Labute approximate surface area is 202 Å². The van der Waals surface area contributed by atoms with Gasteiger partial charge >= 0.3 is 0 Å². The van der Waals surface area contributed by atoms with Gasteiger partial charge in [0.25, 0.3) is 11.7 Å². The lowest BCUT2D eigenvalue weighted by molar-refractivity contribution is -0.140. The first-order valence-corrected chi connectivity index (χ1v) is 11.0. The van der Waals surface area contributed by atoms with Gasteiger partial charge in [-0.15, -0.1) is 0 Å². The molecule has 1 unspecified atom stereocenters. The smallest absolute Gasteiger partial charge is 0.295 e. The van der Waals surface area contributed by atoms with Crippen LogP contribution in [-0.4, -0.2) is 31.7 Å². The summed E-state index contributed by atoms with van der Waals surface area (Å²) in [6, 6.07) is 22.5. The van der Waals surface area contributed by atoms with Crippen LogP contribution in [0.5, 0.6) is 11.5 Å². The van der Waals surface area contributed by atoms with Crippen molar-refractivity contribution in [3.8, 4) is 11.5 Å². The molecule has 172 valence electrons. The average Bonchev–Trinajstić information content (AvgIpc) is 3.15. The number of likely N-dealkylation sites (tertiary alicyclic amines) is 1. The predicted octanol–water partition coefficient (Wildman–Crippen LogP) is 4.89. The van der Waals surface area contributed by atoms with Gasteiger partial charge in [-0.05, 0) is 53.6 Å². The van der Waals surface area contributed by atoms with Crippen LogP contribution in [0.25, 0.3) is 5.76 Å². The summed E-state index contributed by atoms with van der Waals surface area (Å²) >= 11 is 0. The lowest BCUT2D eigenvalue weighted by Gasteiger charge is -2.25. The van der Waals surface area contributed by atoms with Crippen LogP contribution in [0.3, 0.4) is 0 Å². The number of hydrogen-bond donors (Lipinski definition) is 1. The number of benzene rings is 2. The first kappa shape index (κ1) is 22.0. The summed E-state index contributed by atoms with van der Waals surface area (Å²) in [5.74, 6) is -0.486. The van der Waals surface area contributed by atoms with E-state index in [2.05, 4.69) is 9.97 Å². The first-order chi connectivity index (χ1) is 17.1. The Hall–Kier alpha value is -4.78. The van der Waals surface area contributed by atoms with Gasteiger partial charge in [-0.1, -0.05) is 36.4 Å². The molecule has 1 N–H and O–H groups in total. The maximum atomic E-state index is 13.2. The molecule has 1 aliphatic heterocycles. The number of amides is 1. The number of carbonyl (C=O) groups is 2. The Morgan fingerprint density at radius 1 is 0.857 bits per heavy atom. The van der Waals surface area contributed by atoms with E-state index < -0.39 is 17.7 Å². The molecule has 1 saturated heterocycles. The van der Waals surface area contributed by atoms with E-state index in [0.29, 0.717) is 22.6 Å². The van der Waals surface area contributed by atoms with Gasteiger partial charge in [0.2, 0.25) is 0 Å². The number of para-hydroxylation sites is 1. The minimum atomic E-state index is -0.817. The topological polar surface area (TPSA) is 92.6 Å². The van der Waals surface area contributed by atoms with E-state index in [-0.39, 0.29) is 17.9 Å². The summed E-state index contributed by atoms with van der Waals surface area (Å²) in [7, 11) is 0. The molecule has 35 heavy (non-hydrogen) atoms. The van der Waals surface area contributed by atoms with Crippen LogP contribution < -0.4 is 4.74 Å². The van der Waals surface area contributed by atoms with Gasteiger partial charge in [-0.2, -0.15) is 0 Å². The third-order valence-electron chi connectivity index (χ3n) is 5.72. The summed E-state index contributed by atoms with van der Waals surface area (Å²) in [6.07, 6.45) is 6.32. The Kier molecular flexibility index (Phi) is 6.05. The maximum absolute atomic E-state index is 13.2. The quantitative estimate of drug-likeness (QED) is 0.249. The molecule has 5 rings (SSSR count). The molecule has 0 spiro atoms. The highest BCUT2D eigenvalue weighted by Crippen LogP contribution is 2.41. The molecule has 1 amide bonds. The highest BCUT2D eigenvalue weighted by molar-refractivity contribution is 6.46. The fraction of sp³-hybridized carbons (Fsp3) is 0.0714. The molecule has 0 radical (unpaired) electrons. The molecule has 0 aliphatic carbocycles. The van der Waals surface area contributed by atoms with Gasteiger partial charge in [-0.3, -0.25) is 19.6 Å². The van der Waals surface area contributed by atoms with Crippen LogP contribution in [-0.2, 0) is 16.1 Å². The Morgan fingerprint density at radius 2 is 1.63 bits per heavy atom. The van der Waals surface area contributed by atoms with Crippen molar-refractivity contribution in [2.75, 3.05) is 0 Å². The second-order valence-electron chi connectivity index (χ2n) is 8.01. The highest BCUT2D eigenvalue weighted by Gasteiger charge is 2.46. The molecule has 2 aromatic carbocycles. The minimum absolute atomic E-state index is 0.0157. The molecular formula is C28H21N3O4. The van der Waals surface area contributed by atoms with E-state index in [9.17, 15) is 14.7 Å². The molecule has 2 aromatic heterocycles. The summed E-state index contributed by atoms with van der Waals surface area (Å²) < 4.78 is 5.98. The Morgan fingerprint density at radius 3 is 2.37 bits per heavy atom. The Bertz CT molecular complexity index is 1390. The molecule has 7 nitrogen and oxygen atoms in total. The van der Waals surface area contributed by atoms with E-state index >= 15 is 0 Å². The van der Waals surface area contributed by atoms with Crippen LogP contribution in [0.2, 0.25) is 0 Å². The molecule has 0 bridgehead atoms. The van der Waals surface area contributed by atoms with Gasteiger partial charge in [0.05, 0.1) is 11.6 Å². The number of pyridine rings is 2. The largest absolute Gasteiger partial charge is 0.507 e. The number of nitrogens with zero attached hydrogens (tertiary/aromatic N) is 3. The van der Waals surface area contributed by atoms with E-state index in [1.165, 1.54) is 17.3 Å². The average molecular weight is 463 g/mol. The second kappa shape index (κ2) is 9.61. The summed E-state index contributed by atoms with van der Waals surface area (Å²) in [5.41, 5.74) is 1.82. The van der Waals surface area contributed by atoms with E-state index in [1.54, 1.807) is 48.8 Å². The molecule has 4 aromatic rings. The number of carbonyl (C=O) groups excluding carboxylic acids is 2. The lowest BCUT2D eigenvalue weighted by atomic mass is 9.95. The summed E-state index contributed by atoms with van der Waals surface area (Å²) in [5, 5.41) is 11.1. The fourth-order valence-electron chi connectivity index (χ4n) is 4.12. The summed E-state index contributed by atoms with van der Waals surface area (Å²) in [4.78, 5) is 35.9. The molecule has 7 heteroatoms. The third-order valence-corrected chi connectivity index (χ3v) is 5.72. The zero-order valence-corrected chi connectivity index (χ0v) is 18.6. The molecule has 3 heterocycles. The van der Waals surface area contributed by atoms with Crippen LogP contribution in [0.1, 0.15) is 22.7 Å². The van der Waals surface area contributed by atoms with Crippen molar-refractivity contribution >= 4 is 17.4 Å². The van der Waals surface area contributed by atoms with Crippen molar-refractivity contribution in [1.29, 1.82) is 0 Å². The van der Waals surface area contributed by atoms with Crippen molar-refractivity contribution in [3.63, 3.8) is 0 Å². The van der Waals surface area contributed by atoms with E-state index in [1.807, 2.05) is 42.5 Å². The van der Waals surface area contributed by atoms with E-state index in [0.717, 1.165) is 5.56 Å². The second-order valence-corrected chi connectivity index (χ2v) is 8.01. The molecular weight excluding hydrogens is 442 g/mol. The fourth-order valence-corrected chi connectivity index (χ4v) is 4.12. The number of rotatable bonds is 6. The van der Waals surface area contributed by atoms with Crippen molar-refractivity contribution in [2.24, 2.45) is 0 Å². The van der Waals surface area contributed by atoms with Crippen LogP contribution in [0.15, 0.2) is 109 Å². The predicted molar refractivity (Wildman–Crippen MR) is 129 cm³/mol. The van der Waals surface area contributed by atoms with Crippen molar-refractivity contribution in [3.05, 3.63) is 126 Å². The lowest BCUT2D eigenvalue weighted by Crippen LogP contribution is -2.29. The minimum Gasteiger partial charge on any atom is -0.507 e. The van der Waals surface area contributed by atoms with Crippen LogP contribution in [0, 0.1) is 0 Å². The van der Waals surface area contributed by atoms with Crippen molar-refractivity contribution in [1.82, 2.24) is 14.9 Å². The maximum Gasteiger partial charge on any atom is 0.295 e. The van der Waals surface area contributed by atoms with Crippen molar-refractivity contribution < 1.29 is 19.4 Å². The van der Waals surface area contributed by atoms with Gasteiger partial charge in [0.1, 0.15) is 17.3 Å². The van der Waals surface area contributed by atoms with Crippen LogP contribution >= 0.6 is 0 Å². The number of aliphatic hydroxyl groups excluding tert-OH is 1. The van der Waals surface area contributed by atoms with E-state index in [4.69, 9.17) is 4.74 Å². The van der Waals surface area contributed by atoms with Gasteiger partial charge in [-0.25, -0.2) is 0 Å². The SMILES string of the molecule is O=C1C(=O)N(Cc2cccnc2)C(c2cccc(Oc3ccccc3)c2)/C1=C(\O)c1ccncc1. The Balaban J connectivity index is 1.61. The zero-order valence-electron chi connectivity index (χ0n) is 18.6. The zero-order chi connectivity index (χ0) is 24.2.